The lowest BCUT2D eigenvalue weighted by Gasteiger charge is -2.54. The molecule has 0 radical (unpaired) electrons. The van der Waals surface area contributed by atoms with Crippen molar-refractivity contribution < 1.29 is 14.3 Å². The van der Waals surface area contributed by atoms with E-state index in [0.717, 1.165) is 38.5 Å². The fraction of sp³-hybridized carbons (Fsp3) is 0.739. The molecule has 1 heterocycles. The third-order valence-electron chi connectivity index (χ3n) is 8.96. The van der Waals surface area contributed by atoms with Crippen molar-refractivity contribution in [3.05, 3.63) is 23.3 Å². The van der Waals surface area contributed by atoms with E-state index in [1.165, 1.54) is 12.0 Å². The van der Waals surface area contributed by atoms with Crippen LogP contribution in [0.2, 0.25) is 0 Å². The Morgan fingerprint density at radius 1 is 1.12 bits per heavy atom. The first-order chi connectivity index (χ1) is 12.3. The first kappa shape index (κ1) is 16.8. The molecular formula is C23H30O3. The molecule has 0 aromatic heterocycles. The van der Waals surface area contributed by atoms with Crippen molar-refractivity contribution in [3.63, 3.8) is 0 Å². The Hall–Kier alpha value is -1.38. The van der Waals surface area contributed by atoms with Gasteiger partial charge in [0.2, 0.25) is 0 Å². The summed E-state index contributed by atoms with van der Waals surface area (Å²) in [7, 11) is 0. The number of hydrogen-bond donors (Lipinski definition) is 0. The van der Waals surface area contributed by atoms with Gasteiger partial charge < -0.3 is 4.74 Å². The summed E-state index contributed by atoms with van der Waals surface area (Å²) in [6.07, 6.45) is 12.4. The van der Waals surface area contributed by atoms with E-state index in [0.29, 0.717) is 24.0 Å². The molecule has 0 amide bonds. The Balaban J connectivity index is 1.55. The fourth-order valence-corrected chi connectivity index (χ4v) is 7.36. The van der Waals surface area contributed by atoms with Gasteiger partial charge >= 0.3 is 5.97 Å². The second-order valence-electron chi connectivity index (χ2n) is 10.1. The van der Waals surface area contributed by atoms with Gasteiger partial charge in [-0.1, -0.05) is 38.0 Å². The molecule has 0 N–H and O–H groups in total. The number of hydrogen-bond acceptors (Lipinski definition) is 3. The summed E-state index contributed by atoms with van der Waals surface area (Å²) < 4.78 is 6.10. The zero-order valence-corrected chi connectivity index (χ0v) is 16.3. The monoisotopic (exact) mass is 354 g/mol. The van der Waals surface area contributed by atoms with E-state index in [9.17, 15) is 9.59 Å². The number of carbonyl (C=O) groups excluding carboxylic acids is 2. The van der Waals surface area contributed by atoms with E-state index in [1.807, 2.05) is 13.0 Å². The van der Waals surface area contributed by atoms with Gasteiger partial charge in [0.15, 0.2) is 5.78 Å². The largest absolute Gasteiger partial charge is 0.458 e. The molecule has 1 spiro atoms. The maximum Gasteiger partial charge on any atom is 0.309 e. The van der Waals surface area contributed by atoms with Gasteiger partial charge in [-0.15, -0.1) is 0 Å². The standard InChI is InChI=1S/C23H30O3/c1-14-13-23(26-20(14)25)11-8-19-17-5-4-15-12-16(24)6-9-21(15,2)18(17)7-10-22(19,23)3/h7,12,14,17,19H,4-6,8-11,13H2,1-3H3/t14?,17?,19?,21?,22?,23-/m1/s1. The molecule has 1 aliphatic heterocycles. The second-order valence-corrected chi connectivity index (χ2v) is 10.1. The molecular weight excluding hydrogens is 324 g/mol. The molecule has 3 fully saturated rings. The quantitative estimate of drug-likeness (QED) is 0.465. The highest BCUT2D eigenvalue weighted by Crippen LogP contribution is 2.68. The molecule has 0 aromatic carbocycles. The SMILES string of the molecule is CC1C[C@@]2(CCC3C4CCC5=CC(=O)CCC5(C)C4=CCC32C)OC1=O. The molecule has 6 atom stereocenters. The van der Waals surface area contributed by atoms with Crippen molar-refractivity contribution in [1.82, 2.24) is 0 Å². The van der Waals surface area contributed by atoms with Gasteiger partial charge in [0.25, 0.3) is 0 Å². The smallest absolute Gasteiger partial charge is 0.309 e. The van der Waals surface area contributed by atoms with Crippen LogP contribution in [0.3, 0.4) is 0 Å². The number of allylic oxidation sites excluding steroid dienone is 4. The van der Waals surface area contributed by atoms with Crippen molar-refractivity contribution >= 4 is 11.8 Å². The summed E-state index contributed by atoms with van der Waals surface area (Å²) in [6, 6.07) is 0. The molecule has 2 saturated carbocycles. The van der Waals surface area contributed by atoms with E-state index < -0.39 is 0 Å². The maximum absolute atomic E-state index is 12.2. The summed E-state index contributed by atoms with van der Waals surface area (Å²) in [5.74, 6) is 1.56. The Morgan fingerprint density at radius 2 is 1.92 bits per heavy atom. The van der Waals surface area contributed by atoms with Crippen LogP contribution in [-0.2, 0) is 14.3 Å². The van der Waals surface area contributed by atoms with Crippen LogP contribution in [0, 0.1) is 28.6 Å². The molecule has 5 rings (SSSR count). The predicted octanol–water partition coefficient (Wildman–Crippen LogP) is 4.76. The molecule has 5 unspecified atom stereocenters. The predicted molar refractivity (Wildman–Crippen MR) is 99.3 cm³/mol. The lowest BCUT2D eigenvalue weighted by Crippen LogP contribution is -2.50. The van der Waals surface area contributed by atoms with Gasteiger partial charge in [0, 0.05) is 23.7 Å². The third-order valence-corrected chi connectivity index (χ3v) is 8.96. The highest BCUT2D eigenvalue weighted by atomic mass is 16.6. The number of fused-ring (bicyclic) bond motifs is 6. The maximum atomic E-state index is 12.2. The molecule has 3 nitrogen and oxygen atoms in total. The zero-order valence-electron chi connectivity index (χ0n) is 16.3. The molecule has 1 saturated heterocycles. The van der Waals surface area contributed by atoms with Gasteiger partial charge in [-0.2, -0.15) is 0 Å². The van der Waals surface area contributed by atoms with Gasteiger partial charge in [-0.05, 0) is 56.4 Å². The minimum absolute atomic E-state index is 0.00766. The van der Waals surface area contributed by atoms with Crippen LogP contribution in [0.25, 0.3) is 0 Å². The normalized spacial score (nSPS) is 49.9. The van der Waals surface area contributed by atoms with Crippen LogP contribution in [0.5, 0.6) is 0 Å². The molecule has 140 valence electrons. The lowest BCUT2D eigenvalue weighted by molar-refractivity contribution is -0.161. The van der Waals surface area contributed by atoms with Gasteiger partial charge in [0.05, 0.1) is 5.92 Å². The fourth-order valence-electron chi connectivity index (χ4n) is 7.36. The van der Waals surface area contributed by atoms with Crippen molar-refractivity contribution in [2.75, 3.05) is 0 Å². The van der Waals surface area contributed by atoms with E-state index in [1.54, 1.807) is 5.57 Å². The topological polar surface area (TPSA) is 43.4 Å². The molecule has 26 heavy (non-hydrogen) atoms. The van der Waals surface area contributed by atoms with Crippen LogP contribution in [0.4, 0.5) is 0 Å². The average Bonchev–Trinajstić information content (AvgIpc) is 3.05. The Labute approximate surface area is 156 Å². The van der Waals surface area contributed by atoms with Crippen molar-refractivity contribution in [2.24, 2.45) is 28.6 Å². The highest BCUT2D eigenvalue weighted by molar-refractivity contribution is 5.92. The highest BCUT2D eigenvalue weighted by Gasteiger charge is 2.66. The van der Waals surface area contributed by atoms with Crippen LogP contribution >= 0.6 is 0 Å². The van der Waals surface area contributed by atoms with Crippen molar-refractivity contribution in [1.29, 1.82) is 0 Å². The minimum atomic E-state index is -0.240. The summed E-state index contributed by atoms with van der Waals surface area (Å²) in [6.45, 7) is 6.78. The first-order valence-electron chi connectivity index (χ1n) is 10.5. The third kappa shape index (κ3) is 1.90. The molecule has 0 aromatic rings. The van der Waals surface area contributed by atoms with Gasteiger partial charge in [-0.25, -0.2) is 0 Å². The van der Waals surface area contributed by atoms with Crippen LogP contribution < -0.4 is 0 Å². The van der Waals surface area contributed by atoms with Crippen molar-refractivity contribution in [3.8, 4) is 0 Å². The first-order valence-corrected chi connectivity index (χ1v) is 10.5. The number of esters is 1. The van der Waals surface area contributed by atoms with Crippen LogP contribution in [0.1, 0.15) is 72.1 Å². The van der Waals surface area contributed by atoms with E-state index in [4.69, 9.17) is 4.74 Å². The summed E-state index contributed by atoms with van der Waals surface area (Å²) in [5.41, 5.74) is 2.89. The van der Waals surface area contributed by atoms with Crippen LogP contribution in [0.15, 0.2) is 23.3 Å². The Morgan fingerprint density at radius 3 is 2.65 bits per heavy atom. The van der Waals surface area contributed by atoms with Crippen LogP contribution in [-0.4, -0.2) is 17.4 Å². The number of ketones is 1. The van der Waals surface area contributed by atoms with E-state index >= 15 is 0 Å². The number of carbonyl (C=O) groups is 2. The Bertz CT molecular complexity index is 761. The lowest BCUT2D eigenvalue weighted by atomic mass is 9.50. The molecule has 5 aliphatic rings. The molecule has 3 heteroatoms. The summed E-state index contributed by atoms with van der Waals surface area (Å²) in [5, 5.41) is 0. The van der Waals surface area contributed by atoms with Gasteiger partial charge in [0.1, 0.15) is 5.60 Å². The minimum Gasteiger partial charge on any atom is -0.458 e. The summed E-state index contributed by atoms with van der Waals surface area (Å²) >= 11 is 0. The van der Waals surface area contributed by atoms with E-state index in [-0.39, 0.29) is 28.3 Å². The van der Waals surface area contributed by atoms with Crippen molar-refractivity contribution in [2.45, 2.75) is 77.7 Å². The Kier molecular flexibility index (Phi) is 3.30. The summed E-state index contributed by atoms with van der Waals surface area (Å²) in [4.78, 5) is 24.2. The average molecular weight is 354 g/mol. The van der Waals surface area contributed by atoms with Gasteiger partial charge in [-0.3, -0.25) is 9.59 Å². The van der Waals surface area contributed by atoms with E-state index in [2.05, 4.69) is 19.9 Å². The number of rotatable bonds is 0. The molecule has 0 bridgehead atoms. The zero-order chi connectivity index (χ0) is 18.3. The number of ether oxygens (including phenoxy) is 1. The second kappa shape index (κ2) is 5.11. The molecule has 4 aliphatic carbocycles.